The summed E-state index contributed by atoms with van der Waals surface area (Å²) in [5, 5.41) is 0.148. The number of hydrogen-bond acceptors (Lipinski definition) is 5. The van der Waals surface area contributed by atoms with Crippen LogP contribution in [0.25, 0.3) is 0 Å². The van der Waals surface area contributed by atoms with Gasteiger partial charge in [-0.2, -0.15) is 4.31 Å². The maximum absolute atomic E-state index is 12.5. The molecule has 0 saturated carbocycles. The average Bonchev–Trinajstić information content (AvgIpc) is 2.42. The summed E-state index contributed by atoms with van der Waals surface area (Å²) in [4.78, 5) is 3.92. The normalized spacial score (nSPS) is 12.0. The third kappa shape index (κ3) is 4.99. The molecule has 6 nitrogen and oxygen atoms in total. The second-order valence-corrected chi connectivity index (χ2v) is 6.38. The summed E-state index contributed by atoms with van der Waals surface area (Å²) in [5.41, 5.74) is 0. The molecule has 0 N–H and O–H groups in total. The van der Waals surface area contributed by atoms with Crippen LogP contribution in [0.15, 0.2) is 23.2 Å². The van der Waals surface area contributed by atoms with E-state index < -0.39 is 10.0 Å². The zero-order valence-corrected chi connectivity index (χ0v) is 13.2. The number of halogens is 1. The number of nitrogens with zero attached hydrogens (tertiary/aromatic N) is 2. The largest absolute Gasteiger partial charge is 0.385 e. The van der Waals surface area contributed by atoms with E-state index in [1.54, 1.807) is 7.11 Å². The molecule has 0 fully saturated rings. The Bertz CT molecular complexity index is 510. The molecule has 1 heterocycles. The van der Waals surface area contributed by atoms with Crippen LogP contribution in [0.5, 0.6) is 0 Å². The molecule has 0 aliphatic heterocycles. The first-order chi connectivity index (χ1) is 9.52. The Kier molecular flexibility index (Phi) is 7.39. The van der Waals surface area contributed by atoms with E-state index >= 15 is 0 Å². The van der Waals surface area contributed by atoms with Crippen LogP contribution in [-0.4, -0.2) is 58.2 Å². The van der Waals surface area contributed by atoms with Gasteiger partial charge in [0.25, 0.3) is 0 Å². The lowest BCUT2D eigenvalue weighted by molar-refractivity contribution is 0.164. The fourth-order valence-corrected chi connectivity index (χ4v) is 3.34. The zero-order chi connectivity index (χ0) is 15.0. The van der Waals surface area contributed by atoms with Gasteiger partial charge in [0, 0.05) is 40.1 Å². The molecule has 0 aliphatic rings. The predicted octanol–water partition coefficient (Wildman–Crippen LogP) is 1.41. The molecule has 0 bridgehead atoms. The highest BCUT2D eigenvalue weighted by Crippen LogP contribution is 2.18. The number of aromatic nitrogens is 1. The Labute approximate surface area is 124 Å². The molecule has 1 aromatic heterocycles. The van der Waals surface area contributed by atoms with E-state index in [2.05, 4.69) is 4.98 Å². The molecule has 0 aliphatic carbocycles. The van der Waals surface area contributed by atoms with Gasteiger partial charge in [-0.25, -0.2) is 13.4 Å². The van der Waals surface area contributed by atoms with E-state index in [0.29, 0.717) is 26.2 Å². The van der Waals surface area contributed by atoms with E-state index in [0.717, 1.165) is 0 Å². The highest BCUT2D eigenvalue weighted by Gasteiger charge is 2.24. The van der Waals surface area contributed by atoms with Crippen LogP contribution in [0, 0.1) is 0 Å². The zero-order valence-electron chi connectivity index (χ0n) is 11.6. The molecule has 0 spiro atoms. The van der Waals surface area contributed by atoms with E-state index in [4.69, 9.17) is 21.1 Å². The fourth-order valence-electron chi connectivity index (χ4n) is 1.62. The van der Waals surface area contributed by atoms with Gasteiger partial charge in [0.05, 0.1) is 11.5 Å². The van der Waals surface area contributed by atoms with Crippen LogP contribution in [0.1, 0.15) is 6.42 Å². The van der Waals surface area contributed by atoms with Crippen LogP contribution in [0.2, 0.25) is 5.15 Å². The lowest BCUT2D eigenvalue weighted by Gasteiger charge is -2.21. The van der Waals surface area contributed by atoms with Crippen LogP contribution in [0.3, 0.4) is 0 Å². The minimum absolute atomic E-state index is 0.131. The molecule has 20 heavy (non-hydrogen) atoms. The summed E-state index contributed by atoms with van der Waals surface area (Å²) in [6, 6.07) is 2.77. The summed E-state index contributed by atoms with van der Waals surface area (Å²) >= 11 is 5.75. The second kappa shape index (κ2) is 8.53. The molecule has 8 heteroatoms. The van der Waals surface area contributed by atoms with E-state index in [-0.39, 0.29) is 16.6 Å². The van der Waals surface area contributed by atoms with Gasteiger partial charge < -0.3 is 9.47 Å². The van der Waals surface area contributed by atoms with Crippen LogP contribution >= 0.6 is 11.6 Å². The van der Waals surface area contributed by atoms with Crippen LogP contribution < -0.4 is 0 Å². The van der Waals surface area contributed by atoms with Gasteiger partial charge in [0.15, 0.2) is 0 Å². The first-order valence-corrected chi connectivity index (χ1v) is 7.93. The monoisotopic (exact) mass is 322 g/mol. The van der Waals surface area contributed by atoms with Gasteiger partial charge in [0.2, 0.25) is 10.0 Å². The minimum Gasteiger partial charge on any atom is -0.385 e. The Morgan fingerprint density at radius 2 is 1.95 bits per heavy atom. The van der Waals surface area contributed by atoms with Crippen molar-refractivity contribution in [1.82, 2.24) is 9.29 Å². The lowest BCUT2D eigenvalue weighted by atomic mass is 10.4. The third-order valence-electron chi connectivity index (χ3n) is 2.64. The van der Waals surface area contributed by atoms with Crippen molar-refractivity contribution in [3.63, 3.8) is 0 Å². The average molecular weight is 323 g/mol. The van der Waals surface area contributed by atoms with Crippen molar-refractivity contribution >= 4 is 21.6 Å². The predicted molar refractivity (Wildman–Crippen MR) is 76.4 cm³/mol. The number of ether oxygens (including phenoxy) is 2. The molecular weight excluding hydrogens is 304 g/mol. The van der Waals surface area contributed by atoms with Gasteiger partial charge in [0.1, 0.15) is 5.15 Å². The van der Waals surface area contributed by atoms with Gasteiger partial charge in [-0.1, -0.05) is 11.6 Å². The van der Waals surface area contributed by atoms with Gasteiger partial charge in [-0.15, -0.1) is 0 Å². The van der Waals surface area contributed by atoms with Crippen molar-refractivity contribution in [2.45, 2.75) is 11.3 Å². The third-order valence-corrected chi connectivity index (χ3v) is 4.74. The number of methoxy groups -OCH3 is 2. The van der Waals surface area contributed by atoms with Gasteiger partial charge in [-0.05, 0) is 18.6 Å². The summed E-state index contributed by atoms with van der Waals surface area (Å²) in [5.74, 6) is 0. The van der Waals surface area contributed by atoms with Crippen LogP contribution in [-0.2, 0) is 19.5 Å². The molecule has 0 atom stereocenters. The maximum atomic E-state index is 12.5. The smallest absolute Gasteiger partial charge is 0.243 e. The Hall–Kier alpha value is -0.730. The van der Waals surface area contributed by atoms with Gasteiger partial charge >= 0.3 is 0 Å². The molecule has 1 rings (SSSR count). The molecule has 0 aromatic carbocycles. The topological polar surface area (TPSA) is 68.7 Å². The molecule has 114 valence electrons. The van der Waals surface area contributed by atoms with Crippen molar-refractivity contribution in [2.75, 3.05) is 40.5 Å². The highest BCUT2D eigenvalue weighted by molar-refractivity contribution is 7.89. The Morgan fingerprint density at radius 3 is 2.55 bits per heavy atom. The maximum Gasteiger partial charge on any atom is 0.243 e. The summed E-state index contributed by atoms with van der Waals surface area (Å²) in [6.07, 6.45) is 1.98. The van der Waals surface area contributed by atoms with Crippen LogP contribution in [0.4, 0.5) is 0 Å². The molecule has 1 aromatic rings. The van der Waals surface area contributed by atoms with Crippen molar-refractivity contribution in [2.24, 2.45) is 0 Å². The summed E-state index contributed by atoms with van der Waals surface area (Å²) < 4.78 is 36.3. The highest BCUT2D eigenvalue weighted by atomic mass is 35.5. The standard InChI is InChI=1S/C12H19ClN2O4S/c1-18-8-3-6-15(7-9-19-2)20(16,17)11-4-5-14-12(13)10-11/h4-5,10H,3,6-9H2,1-2H3. The number of pyridine rings is 1. The summed E-state index contributed by atoms with van der Waals surface area (Å²) in [7, 11) is -0.492. The SMILES string of the molecule is COCCCN(CCOC)S(=O)(=O)c1ccnc(Cl)c1. The van der Waals surface area contributed by atoms with E-state index in [1.165, 1.54) is 29.7 Å². The number of hydrogen-bond donors (Lipinski definition) is 0. The quantitative estimate of drug-likeness (QED) is 0.508. The molecular formula is C12H19ClN2O4S. The molecule has 0 saturated heterocycles. The van der Waals surface area contributed by atoms with E-state index in [9.17, 15) is 8.42 Å². The minimum atomic E-state index is -3.60. The van der Waals surface area contributed by atoms with E-state index in [1.807, 2.05) is 0 Å². The van der Waals surface area contributed by atoms with Crippen molar-refractivity contribution in [3.8, 4) is 0 Å². The Balaban J connectivity index is 2.91. The van der Waals surface area contributed by atoms with Crippen molar-refractivity contribution in [3.05, 3.63) is 23.5 Å². The first kappa shape index (κ1) is 17.3. The van der Waals surface area contributed by atoms with Crippen molar-refractivity contribution in [1.29, 1.82) is 0 Å². The van der Waals surface area contributed by atoms with Crippen molar-refractivity contribution < 1.29 is 17.9 Å². The van der Waals surface area contributed by atoms with Gasteiger partial charge in [-0.3, -0.25) is 0 Å². The summed E-state index contributed by atoms with van der Waals surface area (Å²) in [6.45, 7) is 1.46. The first-order valence-electron chi connectivity index (χ1n) is 6.12. The second-order valence-electron chi connectivity index (χ2n) is 4.06. The molecule has 0 unspecified atom stereocenters. The molecule has 0 amide bonds. The molecule has 0 radical (unpaired) electrons. The number of rotatable bonds is 9. The Morgan fingerprint density at radius 1 is 1.25 bits per heavy atom. The number of sulfonamides is 1. The fraction of sp³-hybridized carbons (Fsp3) is 0.583. The lowest BCUT2D eigenvalue weighted by Crippen LogP contribution is -2.35.